The molecule has 7 heteroatoms. The Morgan fingerprint density at radius 3 is 2.67 bits per heavy atom. The van der Waals surface area contributed by atoms with Gasteiger partial charge in [-0.05, 0) is 30.9 Å². The summed E-state index contributed by atoms with van der Waals surface area (Å²) in [4.78, 5) is 33.4. The van der Waals surface area contributed by atoms with Crippen LogP contribution in [-0.4, -0.2) is 39.1 Å². The first-order valence-corrected chi connectivity index (χ1v) is 8.87. The minimum atomic E-state index is -0.909. The molecule has 0 unspecified atom stereocenters. The van der Waals surface area contributed by atoms with Crippen LogP contribution in [0, 0.1) is 0 Å². The van der Waals surface area contributed by atoms with Crippen LogP contribution in [0.3, 0.4) is 0 Å². The van der Waals surface area contributed by atoms with Crippen LogP contribution in [0.5, 0.6) is 0 Å². The molecule has 1 saturated carbocycles. The Kier molecular flexibility index (Phi) is 4.35. The Bertz CT molecular complexity index is 993. The lowest BCUT2D eigenvalue weighted by Crippen LogP contribution is -2.59. The van der Waals surface area contributed by atoms with Crippen LogP contribution in [0.4, 0.5) is 0 Å². The van der Waals surface area contributed by atoms with E-state index in [-0.39, 0.29) is 5.91 Å². The molecule has 0 saturated heterocycles. The van der Waals surface area contributed by atoms with Crippen LogP contribution in [0.2, 0.25) is 0 Å². The van der Waals surface area contributed by atoms with E-state index in [9.17, 15) is 9.59 Å². The highest BCUT2D eigenvalue weighted by Gasteiger charge is 2.46. The summed E-state index contributed by atoms with van der Waals surface area (Å²) in [6.45, 7) is 0.654. The number of aromatic nitrogens is 3. The lowest BCUT2D eigenvalue weighted by molar-refractivity contribution is -0.152. The standard InChI is InChI=1S/C20H20N4O3/c1-27-19(26)20(8-5-9-20)23-18(25)15-10-16-17(21-11-15)24(13-22-16)12-14-6-3-2-4-7-14/h2-4,6-7,10-11,13H,5,8-9,12H2,1H3,(H,23,25). The maximum atomic E-state index is 12.6. The van der Waals surface area contributed by atoms with E-state index in [4.69, 9.17) is 4.74 Å². The molecule has 4 rings (SSSR count). The Morgan fingerprint density at radius 1 is 1.22 bits per heavy atom. The van der Waals surface area contributed by atoms with Gasteiger partial charge in [0.05, 0.1) is 25.5 Å². The Morgan fingerprint density at radius 2 is 2.00 bits per heavy atom. The molecule has 1 aliphatic carbocycles. The van der Waals surface area contributed by atoms with Gasteiger partial charge in [-0.15, -0.1) is 0 Å². The number of methoxy groups -OCH3 is 1. The number of ether oxygens (including phenoxy) is 1. The predicted octanol–water partition coefficient (Wildman–Crippen LogP) is 2.31. The van der Waals surface area contributed by atoms with E-state index in [0.29, 0.717) is 36.1 Å². The molecular formula is C20H20N4O3. The normalized spacial score (nSPS) is 15.1. The third-order valence-corrected chi connectivity index (χ3v) is 5.05. The Balaban J connectivity index is 1.55. The number of esters is 1. The van der Waals surface area contributed by atoms with Crippen molar-refractivity contribution in [1.29, 1.82) is 0 Å². The first-order valence-electron chi connectivity index (χ1n) is 8.87. The molecular weight excluding hydrogens is 344 g/mol. The summed E-state index contributed by atoms with van der Waals surface area (Å²) in [5.41, 5.74) is 1.96. The maximum absolute atomic E-state index is 12.6. The van der Waals surface area contributed by atoms with E-state index in [1.807, 2.05) is 34.9 Å². The number of hydrogen-bond donors (Lipinski definition) is 1. The van der Waals surface area contributed by atoms with Gasteiger partial charge in [-0.25, -0.2) is 14.8 Å². The van der Waals surface area contributed by atoms with Crippen LogP contribution >= 0.6 is 0 Å². The molecule has 1 aliphatic rings. The zero-order chi connectivity index (χ0) is 18.9. The largest absolute Gasteiger partial charge is 0.467 e. The van der Waals surface area contributed by atoms with E-state index in [2.05, 4.69) is 15.3 Å². The van der Waals surface area contributed by atoms with Crippen molar-refractivity contribution in [1.82, 2.24) is 19.9 Å². The van der Waals surface area contributed by atoms with Gasteiger partial charge in [0.15, 0.2) is 5.65 Å². The number of nitrogens with zero attached hydrogens (tertiary/aromatic N) is 3. The molecule has 0 atom stereocenters. The number of carbonyl (C=O) groups excluding carboxylic acids is 2. The molecule has 2 aromatic heterocycles. The molecule has 27 heavy (non-hydrogen) atoms. The maximum Gasteiger partial charge on any atom is 0.331 e. The molecule has 1 aromatic carbocycles. The second kappa shape index (κ2) is 6.83. The van der Waals surface area contributed by atoms with Crippen molar-refractivity contribution in [2.45, 2.75) is 31.3 Å². The smallest absolute Gasteiger partial charge is 0.331 e. The Labute approximate surface area is 156 Å². The van der Waals surface area contributed by atoms with Crippen molar-refractivity contribution >= 4 is 23.0 Å². The number of fused-ring (bicyclic) bond motifs is 1. The van der Waals surface area contributed by atoms with Crippen molar-refractivity contribution in [3.05, 3.63) is 60.0 Å². The quantitative estimate of drug-likeness (QED) is 0.702. The number of benzene rings is 1. The molecule has 1 N–H and O–H groups in total. The molecule has 138 valence electrons. The number of imidazole rings is 1. The van der Waals surface area contributed by atoms with Crippen molar-refractivity contribution in [2.75, 3.05) is 7.11 Å². The number of hydrogen-bond acceptors (Lipinski definition) is 5. The first kappa shape index (κ1) is 17.2. The van der Waals surface area contributed by atoms with Gasteiger partial charge in [0.2, 0.25) is 0 Å². The predicted molar refractivity (Wildman–Crippen MR) is 99.1 cm³/mol. The van der Waals surface area contributed by atoms with Crippen molar-refractivity contribution in [3.8, 4) is 0 Å². The van der Waals surface area contributed by atoms with Gasteiger partial charge in [0, 0.05) is 6.20 Å². The minimum absolute atomic E-state index is 0.341. The zero-order valence-electron chi connectivity index (χ0n) is 15.0. The van der Waals surface area contributed by atoms with E-state index in [1.165, 1.54) is 13.3 Å². The lowest BCUT2D eigenvalue weighted by atomic mass is 9.76. The van der Waals surface area contributed by atoms with Crippen LogP contribution in [0.25, 0.3) is 11.2 Å². The van der Waals surface area contributed by atoms with Crippen LogP contribution in [0.15, 0.2) is 48.9 Å². The third kappa shape index (κ3) is 3.16. The molecule has 7 nitrogen and oxygen atoms in total. The highest BCUT2D eigenvalue weighted by molar-refractivity contribution is 5.99. The number of rotatable bonds is 5. The molecule has 0 bridgehead atoms. The van der Waals surface area contributed by atoms with Gasteiger partial charge in [0.25, 0.3) is 5.91 Å². The van der Waals surface area contributed by atoms with Crippen molar-refractivity contribution < 1.29 is 14.3 Å². The van der Waals surface area contributed by atoms with Crippen molar-refractivity contribution in [2.24, 2.45) is 0 Å². The summed E-state index contributed by atoms with van der Waals surface area (Å²) in [5.74, 6) is -0.740. The van der Waals surface area contributed by atoms with Gasteiger partial charge in [-0.3, -0.25) is 4.79 Å². The van der Waals surface area contributed by atoms with Gasteiger partial charge < -0.3 is 14.6 Å². The number of nitrogens with one attached hydrogen (secondary N) is 1. The highest BCUT2D eigenvalue weighted by atomic mass is 16.5. The summed E-state index contributed by atoms with van der Waals surface area (Å²) in [5, 5.41) is 2.82. The lowest BCUT2D eigenvalue weighted by Gasteiger charge is -2.39. The fourth-order valence-corrected chi connectivity index (χ4v) is 3.36. The Hall–Kier alpha value is -3.22. The molecule has 0 spiro atoms. The topological polar surface area (TPSA) is 86.1 Å². The van der Waals surface area contributed by atoms with Gasteiger partial charge in [-0.1, -0.05) is 30.3 Å². The highest BCUT2D eigenvalue weighted by Crippen LogP contribution is 2.33. The molecule has 3 aromatic rings. The van der Waals surface area contributed by atoms with E-state index < -0.39 is 11.5 Å². The fraction of sp³-hybridized carbons (Fsp3) is 0.300. The van der Waals surface area contributed by atoms with Crippen LogP contribution in [-0.2, 0) is 16.1 Å². The molecule has 0 radical (unpaired) electrons. The first-order chi connectivity index (χ1) is 13.1. The summed E-state index contributed by atoms with van der Waals surface area (Å²) < 4.78 is 6.78. The van der Waals surface area contributed by atoms with Crippen LogP contribution in [0.1, 0.15) is 35.2 Å². The van der Waals surface area contributed by atoms with Gasteiger partial charge in [-0.2, -0.15) is 0 Å². The van der Waals surface area contributed by atoms with Crippen LogP contribution < -0.4 is 5.32 Å². The monoisotopic (exact) mass is 364 g/mol. The molecule has 1 amide bonds. The average molecular weight is 364 g/mol. The average Bonchev–Trinajstić information content (AvgIpc) is 3.06. The minimum Gasteiger partial charge on any atom is -0.467 e. The molecule has 1 fully saturated rings. The third-order valence-electron chi connectivity index (χ3n) is 5.05. The second-order valence-corrected chi connectivity index (χ2v) is 6.81. The second-order valence-electron chi connectivity index (χ2n) is 6.81. The van der Waals surface area contributed by atoms with Crippen molar-refractivity contribution in [3.63, 3.8) is 0 Å². The number of carbonyl (C=O) groups is 2. The SMILES string of the molecule is COC(=O)C1(NC(=O)c2cnc3c(c2)ncn3Cc2ccccc2)CCC1. The van der Waals surface area contributed by atoms with E-state index in [0.717, 1.165) is 12.0 Å². The van der Waals surface area contributed by atoms with Gasteiger partial charge >= 0.3 is 5.97 Å². The molecule has 0 aliphatic heterocycles. The van der Waals surface area contributed by atoms with E-state index >= 15 is 0 Å². The summed E-state index contributed by atoms with van der Waals surface area (Å²) >= 11 is 0. The summed E-state index contributed by atoms with van der Waals surface area (Å²) in [7, 11) is 1.33. The number of pyridine rings is 1. The fourth-order valence-electron chi connectivity index (χ4n) is 3.36. The van der Waals surface area contributed by atoms with E-state index in [1.54, 1.807) is 12.4 Å². The molecule has 2 heterocycles. The van der Waals surface area contributed by atoms with Gasteiger partial charge in [0.1, 0.15) is 11.1 Å². The zero-order valence-corrected chi connectivity index (χ0v) is 15.0. The number of amides is 1. The summed E-state index contributed by atoms with van der Waals surface area (Å²) in [6.07, 6.45) is 5.30. The summed E-state index contributed by atoms with van der Waals surface area (Å²) in [6, 6.07) is 11.7.